The normalized spacial score (nSPS) is 9.89. The van der Waals surface area contributed by atoms with Gasteiger partial charge in [-0.05, 0) is 12.1 Å². The second kappa shape index (κ2) is 6.84. The van der Waals surface area contributed by atoms with Crippen molar-refractivity contribution >= 4 is 19.9 Å². The predicted molar refractivity (Wildman–Crippen MR) is 68.1 cm³/mol. The van der Waals surface area contributed by atoms with Gasteiger partial charge in [0.2, 0.25) is 0 Å². The maximum absolute atomic E-state index is 13.9. The van der Waals surface area contributed by atoms with Crippen LogP contribution in [0.3, 0.4) is 0 Å². The van der Waals surface area contributed by atoms with Crippen LogP contribution in [0.5, 0.6) is 5.75 Å². The lowest BCUT2D eigenvalue weighted by molar-refractivity contribution is -0.141. The predicted octanol–water partition coefficient (Wildman–Crippen LogP) is 2.08. The lowest BCUT2D eigenvalue weighted by atomic mass is 9.94. The zero-order valence-corrected chi connectivity index (χ0v) is 10.2. The minimum absolute atomic E-state index is 0.0242. The van der Waals surface area contributed by atoms with Crippen molar-refractivity contribution in [2.45, 2.75) is 13.2 Å². The second-order valence-electron chi connectivity index (χ2n) is 3.54. The topological polar surface area (TPSA) is 35.5 Å². The van der Waals surface area contributed by atoms with Gasteiger partial charge in [0.05, 0.1) is 7.85 Å². The first kappa shape index (κ1) is 14.3. The summed E-state index contributed by atoms with van der Waals surface area (Å²) < 4.78 is 23.9. The summed E-state index contributed by atoms with van der Waals surface area (Å²) in [5, 5.41) is 0. The van der Waals surface area contributed by atoms with E-state index in [1.54, 1.807) is 12.1 Å². The third-order valence-corrected chi connectivity index (χ3v) is 2.30. The Labute approximate surface area is 107 Å². The van der Waals surface area contributed by atoms with Crippen molar-refractivity contribution in [1.82, 2.24) is 0 Å². The average molecular weight is 248 g/mol. The first-order valence-corrected chi connectivity index (χ1v) is 5.50. The zero-order chi connectivity index (χ0) is 13.5. The molecule has 0 aliphatic heterocycles. The molecular formula is C13H14BFO3. The summed E-state index contributed by atoms with van der Waals surface area (Å²) in [7, 11) is 5.49. The van der Waals surface area contributed by atoms with Gasteiger partial charge in [-0.15, -0.1) is 0 Å². The SMILES string of the molecule is [B]Cc1c(OCCOC(C)=O)ccc(C=C)c1F. The molecular weight excluding hydrogens is 234 g/mol. The Morgan fingerprint density at radius 2 is 2.22 bits per heavy atom. The van der Waals surface area contributed by atoms with Crippen molar-refractivity contribution in [3.8, 4) is 5.75 Å². The van der Waals surface area contributed by atoms with E-state index < -0.39 is 5.82 Å². The number of carbonyl (C=O) groups is 1. The third-order valence-electron chi connectivity index (χ3n) is 2.30. The number of hydrogen-bond donors (Lipinski definition) is 0. The van der Waals surface area contributed by atoms with Gasteiger partial charge in [0.15, 0.2) is 0 Å². The molecule has 0 spiro atoms. The van der Waals surface area contributed by atoms with E-state index in [9.17, 15) is 9.18 Å². The van der Waals surface area contributed by atoms with Gasteiger partial charge in [0, 0.05) is 18.1 Å². The molecule has 18 heavy (non-hydrogen) atoms. The number of esters is 1. The zero-order valence-electron chi connectivity index (χ0n) is 10.2. The van der Waals surface area contributed by atoms with Gasteiger partial charge in [0.25, 0.3) is 0 Å². The highest BCUT2D eigenvalue weighted by Crippen LogP contribution is 2.25. The van der Waals surface area contributed by atoms with Crippen molar-refractivity contribution in [3.63, 3.8) is 0 Å². The molecule has 0 heterocycles. The van der Waals surface area contributed by atoms with Crippen molar-refractivity contribution < 1.29 is 18.7 Å². The average Bonchev–Trinajstić information content (AvgIpc) is 2.34. The number of ether oxygens (including phenoxy) is 2. The van der Waals surface area contributed by atoms with Gasteiger partial charge < -0.3 is 9.47 Å². The van der Waals surface area contributed by atoms with E-state index in [1.165, 1.54) is 13.0 Å². The van der Waals surface area contributed by atoms with Crippen LogP contribution in [0.4, 0.5) is 4.39 Å². The number of rotatable bonds is 6. The first-order chi connectivity index (χ1) is 8.60. The molecule has 0 atom stereocenters. The molecule has 0 aliphatic carbocycles. The van der Waals surface area contributed by atoms with E-state index in [-0.39, 0.29) is 31.1 Å². The minimum Gasteiger partial charge on any atom is -0.490 e. The molecule has 0 amide bonds. The molecule has 2 radical (unpaired) electrons. The van der Waals surface area contributed by atoms with E-state index in [4.69, 9.17) is 17.3 Å². The molecule has 0 saturated heterocycles. The van der Waals surface area contributed by atoms with Crippen LogP contribution >= 0.6 is 0 Å². The lowest BCUT2D eigenvalue weighted by Gasteiger charge is -2.12. The fraction of sp³-hybridized carbons (Fsp3) is 0.308. The van der Waals surface area contributed by atoms with Gasteiger partial charge in [-0.1, -0.05) is 19.0 Å². The molecule has 0 aliphatic rings. The van der Waals surface area contributed by atoms with E-state index in [1.807, 2.05) is 0 Å². The van der Waals surface area contributed by atoms with Gasteiger partial charge in [0.1, 0.15) is 24.8 Å². The Morgan fingerprint density at radius 1 is 1.50 bits per heavy atom. The highest BCUT2D eigenvalue weighted by Gasteiger charge is 2.11. The van der Waals surface area contributed by atoms with Crippen LogP contribution in [0.2, 0.25) is 0 Å². The summed E-state index contributed by atoms with van der Waals surface area (Å²) in [6.07, 6.45) is 1.44. The molecule has 1 aromatic rings. The van der Waals surface area contributed by atoms with Crippen molar-refractivity contribution in [2.75, 3.05) is 13.2 Å². The highest BCUT2D eigenvalue weighted by atomic mass is 19.1. The maximum atomic E-state index is 13.9. The van der Waals surface area contributed by atoms with Crippen molar-refractivity contribution in [3.05, 3.63) is 35.7 Å². The summed E-state index contributed by atoms with van der Waals surface area (Å²) >= 11 is 0. The number of halogens is 1. The van der Waals surface area contributed by atoms with Crippen LogP contribution in [0.1, 0.15) is 18.1 Å². The summed E-state index contributed by atoms with van der Waals surface area (Å²) in [5.41, 5.74) is 0.665. The van der Waals surface area contributed by atoms with E-state index >= 15 is 0 Å². The van der Waals surface area contributed by atoms with E-state index in [2.05, 4.69) is 6.58 Å². The Hall–Kier alpha value is -1.78. The Balaban J connectivity index is 2.73. The molecule has 94 valence electrons. The first-order valence-electron chi connectivity index (χ1n) is 5.50. The molecule has 3 nitrogen and oxygen atoms in total. The fourth-order valence-electron chi connectivity index (χ4n) is 1.44. The van der Waals surface area contributed by atoms with E-state index in [0.29, 0.717) is 11.3 Å². The number of hydrogen-bond acceptors (Lipinski definition) is 3. The largest absolute Gasteiger partial charge is 0.490 e. The molecule has 1 rings (SSSR count). The third kappa shape index (κ3) is 3.62. The molecule has 0 fully saturated rings. The highest BCUT2D eigenvalue weighted by molar-refractivity contribution is 6.08. The summed E-state index contributed by atoms with van der Waals surface area (Å²) in [6, 6.07) is 3.18. The van der Waals surface area contributed by atoms with Crippen molar-refractivity contribution in [1.29, 1.82) is 0 Å². The number of carbonyl (C=O) groups excluding carboxylic acids is 1. The molecule has 1 aromatic carbocycles. The Bertz CT molecular complexity index is 446. The van der Waals surface area contributed by atoms with E-state index in [0.717, 1.165) is 0 Å². The lowest BCUT2D eigenvalue weighted by Crippen LogP contribution is -2.11. The minimum atomic E-state index is -0.433. The Morgan fingerprint density at radius 3 is 2.78 bits per heavy atom. The van der Waals surface area contributed by atoms with Crippen LogP contribution in [-0.2, 0) is 15.9 Å². The van der Waals surface area contributed by atoms with Gasteiger partial charge >= 0.3 is 5.97 Å². The van der Waals surface area contributed by atoms with Gasteiger partial charge in [-0.25, -0.2) is 4.39 Å². The molecule has 0 N–H and O–H groups in total. The van der Waals surface area contributed by atoms with Crippen LogP contribution in [0.15, 0.2) is 18.7 Å². The molecule has 0 bridgehead atoms. The van der Waals surface area contributed by atoms with Crippen LogP contribution in [0.25, 0.3) is 6.08 Å². The maximum Gasteiger partial charge on any atom is 0.302 e. The summed E-state index contributed by atoms with van der Waals surface area (Å²) in [4.78, 5) is 10.5. The second-order valence-corrected chi connectivity index (χ2v) is 3.54. The Kier molecular flexibility index (Phi) is 5.43. The molecule has 5 heteroatoms. The fourth-order valence-corrected chi connectivity index (χ4v) is 1.44. The molecule has 0 saturated carbocycles. The summed E-state index contributed by atoms with van der Waals surface area (Å²) in [6.45, 7) is 5.09. The monoisotopic (exact) mass is 248 g/mol. The van der Waals surface area contributed by atoms with Crippen LogP contribution in [-0.4, -0.2) is 27.0 Å². The molecule has 0 aromatic heterocycles. The van der Waals surface area contributed by atoms with Crippen LogP contribution < -0.4 is 4.74 Å². The van der Waals surface area contributed by atoms with Crippen molar-refractivity contribution in [2.24, 2.45) is 0 Å². The number of benzene rings is 1. The quantitative estimate of drug-likeness (QED) is 0.439. The van der Waals surface area contributed by atoms with Gasteiger partial charge in [-0.3, -0.25) is 4.79 Å². The summed E-state index contributed by atoms with van der Waals surface area (Å²) in [5.74, 6) is -0.462. The molecule has 0 unspecified atom stereocenters. The van der Waals surface area contributed by atoms with Crippen LogP contribution in [0, 0.1) is 5.82 Å². The smallest absolute Gasteiger partial charge is 0.302 e. The van der Waals surface area contributed by atoms with Gasteiger partial charge in [-0.2, -0.15) is 0 Å². The standard InChI is InChI=1S/C13H14BFO3/c1-3-10-4-5-12(11(8-14)13(10)15)18-7-6-17-9(2)16/h3-5H,1,6-8H2,2H3.